The maximum atomic E-state index is 12.8. The van der Waals surface area contributed by atoms with Gasteiger partial charge < -0.3 is 14.6 Å². The van der Waals surface area contributed by atoms with Crippen LogP contribution < -0.4 is 5.32 Å². The van der Waals surface area contributed by atoms with Gasteiger partial charge in [0.15, 0.2) is 0 Å². The fourth-order valence-electron chi connectivity index (χ4n) is 3.21. The number of nitrogens with one attached hydrogen (secondary N) is 1. The number of carbonyl (C=O) groups excluding carboxylic acids is 2. The lowest BCUT2D eigenvalue weighted by atomic mass is 10.0. The number of likely N-dealkylation sites (N-methyl/N-ethyl adjacent to an activating group) is 1. The van der Waals surface area contributed by atoms with Crippen LogP contribution in [0.25, 0.3) is 11.5 Å². The van der Waals surface area contributed by atoms with Gasteiger partial charge in [0.2, 0.25) is 17.7 Å². The average Bonchev–Trinajstić information content (AvgIpc) is 3.02. The molecule has 2 amide bonds. The highest BCUT2D eigenvalue weighted by Crippen LogP contribution is 2.23. The van der Waals surface area contributed by atoms with Gasteiger partial charge >= 0.3 is 0 Å². The first-order chi connectivity index (χ1) is 12.1. The summed E-state index contributed by atoms with van der Waals surface area (Å²) in [6.45, 7) is 2.42. The highest BCUT2D eigenvalue weighted by Gasteiger charge is 2.32. The Hall–Kier alpha value is -2.63. The molecule has 1 fully saturated rings. The minimum Gasteiger partial charge on any atom is -0.441 e. The van der Waals surface area contributed by atoms with E-state index in [1.54, 1.807) is 11.9 Å². The van der Waals surface area contributed by atoms with Crippen molar-refractivity contribution in [3.8, 4) is 11.5 Å². The van der Waals surface area contributed by atoms with Crippen molar-refractivity contribution in [3.63, 3.8) is 0 Å². The first-order valence-electron chi connectivity index (χ1n) is 8.63. The zero-order chi connectivity index (χ0) is 17.8. The number of piperidine rings is 1. The third-order valence-electron chi connectivity index (χ3n) is 4.60. The molecule has 0 unspecified atom stereocenters. The summed E-state index contributed by atoms with van der Waals surface area (Å²) in [5.74, 6) is 0.974. The molecule has 1 N–H and O–H groups in total. The number of aryl methyl sites for hydroxylation is 1. The van der Waals surface area contributed by atoms with Gasteiger partial charge in [-0.05, 0) is 38.3 Å². The largest absolute Gasteiger partial charge is 0.441 e. The molecule has 3 rings (SSSR count). The molecular weight excluding hydrogens is 318 g/mol. The second-order valence-electron chi connectivity index (χ2n) is 6.28. The summed E-state index contributed by atoms with van der Waals surface area (Å²) < 4.78 is 5.72. The van der Waals surface area contributed by atoms with Crippen molar-refractivity contribution in [2.75, 3.05) is 13.6 Å². The van der Waals surface area contributed by atoms with Crippen LogP contribution in [0.2, 0.25) is 0 Å². The van der Waals surface area contributed by atoms with E-state index >= 15 is 0 Å². The smallest absolute Gasteiger partial charge is 0.242 e. The second-order valence-corrected chi connectivity index (χ2v) is 6.28. The normalized spacial score (nSPS) is 17.4. The van der Waals surface area contributed by atoms with Crippen molar-refractivity contribution in [1.29, 1.82) is 0 Å². The minimum atomic E-state index is -0.382. The molecule has 1 aliphatic heterocycles. The molecule has 1 aromatic carbocycles. The van der Waals surface area contributed by atoms with Gasteiger partial charge in [0.25, 0.3) is 0 Å². The van der Waals surface area contributed by atoms with Crippen molar-refractivity contribution in [1.82, 2.24) is 15.2 Å². The third kappa shape index (κ3) is 3.73. The quantitative estimate of drug-likeness (QED) is 0.926. The van der Waals surface area contributed by atoms with Gasteiger partial charge in [-0.15, -0.1) is 0 Å². The van der Waals surface area contributed by atoms with Gasteiger partial charge in [-0.1, -0.05) is 18.2 Å². The average molecular weight is 341 g/mol. The molecule has 25 heavy (non-hydrogen) atoms. The van der Waals surface area contributed by atoms with Crippen molar-refractivity contribution in [2.24, 2.45) is 0 Å². The molecule has 1 aromatic heterocycles. The van der Waals surface area contributed by atoms with Crippen LogP contribution in [-0.2, 0) is 16.0 Å². The molecule has 0 saturated carbocycles. The van der Waals surface area contributed by atoms with E-state index in [4.69, 9.17) is 4.42 Å². The Labute approximate surface area is 147 Å². The van der Waals surface area contributed by atoms with Crippen molar-refractivity contribution >= 4 is 11.8 Å². The summed E-state index contributed by atoms with van der Waals surface area (Å²) in [5, 5.41) is 2.65. The van der Waals surface area contributed by atoms with Gasteiger partial charge in [0, 0.05) is 19.2 Å². The summed E-state index contributed by atoms with van der Waals surface area (Å²) in [7, 11) is 1.60. The second kappa shape index (κ2) is 7.51. The summed E-state index contributed by atoms with van der Waals surface area (Å²) >= 11 is 0. The molecule has 0 spiro atoms. The standard InChI is InChI=1S/C19H23N3O3/c1-13-15(21-19(25-13)14-8-4-3-5-9-14)12-17(23)22-11-7-6-10-16(22)18(24)20-2/h3-5,8-9,16H,6-7,10-12H2,1-2H3,(H,20,24)/t16-/m0/s1. The topological polar surface area (TPSA) is 75.4 Å². The highest BCUT2D eigenvalue weighted by atomic mass is 16.4. The fourth-order valence-corrected chi connectivity index (χ4v) is 3.21. The Morgan fingerprint density at radius 1 is 1.28 bits per heavy atom. The zero-order valence-corrected chi connectivity index (χ0v) is 14.6. The van der Waals surface area contributed by atoms with E-state index in [9.17, 15) is 9.59 Å². The fraction of sp³-hybridized carbons (Fsp3) is 0.421. The van der Waals surface area contributed by atoms with Crippen molar-refractivity contribution in [2.45, 2.75) is 38.6 Å². The minimum absolute atomic E-state index is 0.0793. The predicted octanol–water partition coefficient (Wildman–Crippen LogP) is 2.32. The first kappa shape index (κ1) is 17.2. The highest BCUT2D eigenvalue weighted by molar-refractivity contribution is 5.88. The van der Waals surface area contributed by atoms with Gasteiger partial charge in [-0.2, -0.15) is 0 Å². The van der Waals surface area contributed by atoms with E-state index < -0.39 is 0 Å². The maximum absolute atomic E-state index is 12.8. The summed E-state index contributed by atoms with van der Waals surface area (Å²) in [6.07, 6.45) is 2.74. The van der Waals surface area contributed by atoms with Gasteiger partial charge in [-0.25, -0.2) is 4.98 Å². The SMILES string of the molecule is CNC(=O)[C@@H]1CCCCN1C(=O)Cc1nc(-c2ccccc2)oc1C. The molecular formula is C19H23N3O3. The molecule has 6 nitrogen and oxygen atoms in total. The summed E-state index contributed by atoms with van der Waals surface area (Å²) in [6, 6.07) is 9.22. The van der Waals surface area contributed by atoms with Crippen LogP contribution >= 0.6 is 0 Å². The maximum Gasteiger partial charge on any atom is 0.242 e. The molecule has 2 aromatic rings. The lowest BCUT2D eigenvalue weighted by Gasteiger charge is -2.34. The van der Waals surface area contributed by atoms with Crippen LogP contribution in [-0.4, -0.2) is 41.3 Å². The molecule has 0 aliphatic carbocycles. The lowest BCUT2D eigenvalue weighted by Crippen LogP contribution is -2.51. The van der Waals surface area contributed by atoms with Crippen LogP contribution in [0.3, 0.4) is 0 Å². The van der Waals surface area contributed by atoms with E-state index in [0.717, 1.165) is 18.4 Å². The Bertz CT molecular complexity index is 755. The number of likely N-dealkylation sites (tertiary alicyclic amines) is 1. The van der Waals surface area contributed by atoms with Crippen molar-refractivity contribution < 1.29 is 14.0 Å². The van der Waals surface area contributed by atoms with E-state index in [2.05, 4.69) is 10.3 Å². The number of nitrogens with zero attached hydrogens (tertiary/aromatic N) is 2. The van der Waals surface area contributed by atoms with Crippen LogP contribution in [0.5, 0.6) is 0 Å². The van der Waals surface area contributed by atoms with Crippen LogP contribution in [0.15, 0.2) is 34.7 Å². The van der Waals surface area contributed by atoms with Gasteiger partial charge in [0.05, 0.1) is 12.1 Å². The van der Waals surface area contributed by atoms with Crippen LogP contribution in [0.1, 0.15) is 30.7 Å². The Morgan fingerprint density at radius 3 is 2.76 bits per heavy atom. The molecule has 2 heterocycles. The molecule has 0 bridgehead atoms. The van der Waals surface area contributed by atoms with E-state index in [-0.39, 0.29) is 24.3 Å². The van der Waals surface area contributed by atoms with E-state index in [1.165, 1.54) is 0 Å². The number of hydrogen-bond donors (Lipinski definition) is 1. The molecule has 132 valence electrons. The van der Waals surface area contributed by atoms with E-state index in [0.29, 0.717) is 30.3 Å². The number of carbonyl (C=O) groups is 2. The number of rotatable bonds is 4. The Balaban J connectivity index is 1.76. The van der Waals surface area contributed by atoms with Crippen LogP contribution in [0, 0.1) is 6.92 Å². The number of benzene rings is 1. The molecule has 0 radical (unpaired) electrons. The number of amides is 2. The third-order valence-corrected chi connectivity index (χ3v) is 4.60. The molecule has 1 aliphatic rings. The zero-order valence-electron chi connectivity index (χ0n) is 14.6. The Kier molecular flexibility index (Phi) is 5.16. The van der Waals surface area contributed by atoms with Crippen molar-refractivity contribution in [3.05, 3.63) is 41.8 Å². The summed E-state index contributed by atoms with van der Waals surface area (Å²) in [5.41, 5.74) is 1.51. The van der Waals surface area contributed by atoms with Gasteiger partial charge in [0.1, 0.15) is 11.8 Å². The first-order valence-corrected chi connectivity index (χ1v) is 8.63. The molecule has 6 heteroatoms. The monoisotopic (exact) mass is 341 g/mol. The predicted molar refractivity (Wildman–Crippen MR) is 93.8 cm³/mol. The van der Waals surface area contributed by atoms with E-state index in [1.807, 2.05) is 37.3 Å². The molecule has 1 atom stereocenters. The van der Waals surface area contributed by atoms with Gasteiger partial charge in [-0.3, -0.25) is 9.59 Å². The number of hydrogen-bond acceptors (Lipinski definition) is 4. The lowest BCUT2D eigenvalue weighted by molar-refractivity contribution is -0.141. The molecule has 1 saturated heterocycles. The number of oxazole rings is 1. The number of aromatic nitrogens is 1. The summed E-state index contributed by atoms with van der Waals surface area (Å²) in [4.78, 5) is 31.0. The Morgan fingerprint density at radius 2 is 2.04 bits per heavy atom. The van der Waals surface area contributed by atoms with Crippen LogP contribution in [0.4, 0.5) is 0 Å².